The van der Waals surface area contributed by atoms with Crippen LogP contribution in [0.1, 0.15) is 42.6 Å². The molecule has 0 aromatic heterocycles. The number of ether oxygens (including phenoxy) is 2. The van der Waals surface area contributed by atoms with Gasteiger partial charge in [-0.25, -0.2) is 9.59 Å². The van der Waals surface area contributed by atoms with Gasteiger partial charge in [-0.15, -0.1) is 0 Å². The third kappa shape index (κ3) is 7.64. The first kappa shape index (κ1) is 32.4. The average Bonchev–Trinajstić information content (AvgIpc) is 3.41. The highest BCUT2D eigenvalue weighted by molar-refractivity contribution is 6.30. The number of hydrogen-bond donors (Lipinski definition) is 2. The smallest absolute Gasteiger partial charge is 0.404 e. The molecule has 3 amide bonds. The highest BCUT2D eigenvalue weighted by atomic mass is 35.5. The number of urea groups is 1. The number of rotatable bonds is 9. The van der Waals surface area contributed by atoms with Crippen LogP contribution in [0.15, 0.2) is 71.7 Å². The number of piperazine rings is 1. The number of methoxy groups -OCH3 is 1. The van der Waals surface area contributed by atoms with Crippen LogP contribution in [0.4, 0.5) is 9.59 Å². The van der Waals surface area contributed by atoms with Gasteiger partial charge in [-0.3, -0.25) is 14.8 Å². The summed E-state index contributed by atoms with van der Waals surface area (Å²) in [6, 6.07) is 19.5. The van der Waals surface area contributed by atoms with Crippen LogP contribution in [0.3, 0.4) is 0 Å². The molecule has 1 fully saturated rings. The van der Waals surface area contributed by atoms with E-state index in [0.29, 0.717) is 72.2 Å². The van der Waals surface area contributed by atoms with Gasteiger partial charge in [0.15, 0.2) is 0 Å². The Kier molecular flexibility index (Phi) is 10.4. The van der Waals surface area contributed by atoms with Crippen molar-refractivity contribution in [3.05, 3.63) is 93.5 Å². The lowest BCUT2D eigenvalue weighted by Gasteiger charge is -2.39. The summed E-state index contributed by atoms with van der Waals surface area (Å²) in [7, 11) is 1.60. The van der Waals surface area contributed by atoms with E-state index in [-0.39, 0.29) is 12.1 Å². The third-order valence-electron chi connectivity index (χ3n) is 7.84. The maximum absolute atomic E-state index is 14.7. The van der Waals surface area contributed by atoms with Gasteiger partial charge in [0.05, 0.1) is 24.8 Å². The van der Waals surface area contributed by atoms with E-state index in [2.05, 4.69) is 10.2 Å². The third-order valence-corrected chi connectivity index (χ3v) is 8.34. The Bertz CT molecular complexity index is 1530. The van der Waals surface area contributed by atoms with Crippen LogP contribution < -0.4 is 14.8 Å². The summed E-state index contributed by atoms with van der Waals surface area (Å²) in [5.41, 5.74) is 2.46. The average molecular weight is 655 g/mol. The van der Waals surface area contributed by atoms with Crippen molar-refractivity contribution in [2.45, 2.75) is 32.0 Å². The van der Waals surface area contributed by atoms with Gasteiger partial charge in [-0.2, -0.15) is 0 Å². The number of amides is 3. The van der Waals surface area contributed by atoms with Crippen molar-refractivity contribution in [1.82, 2.24) is 20.0 Å². The zero-order valence-electron chi connectivity index (χ0n) is 25.5. The number of hydrogen-bond acceptors (Lipinski definition) is 6. The van der Waals surface area contributed by atoms with Crippen LogP contribution in [-0.2, 0) is 0 Å². The molecule has 0 saturated carbocycles. The topological polar surface area (TPSA) is 107 Å². The number of carbonyl (C=O) groups excluding carboxylic acids is 1. The summed E-state index contributed by atoms with van der Waals surface area (Å²) in [4.78, 5) is 36.6. The number of nitrogens with zero attached hydrogens (tertiary/aromatic N) is 4. The second-order valence-electron chi connectivity index (χ2n) is 11.2. The standard InChI is InChI=1S/C33H37Cl2N5O5/c1-21(2)45-28-20-26(44-3)12-13-27(28)31-37-29(22-4-8-24(34)9-5-22)30(23-6-10-25(35)11-7-23)40(31)33(43)39-18-16-38(17-19-39)15-14-36-32(41)42/h4-13,20-21,29-30,36H,14-19H2,1-3H3,(H,41,42)/t29-,30+/m0/s1. The van der Waals surface area contributed by atoms with Crippen LogP contribution in [0, 0.1) is 0 Å². The Morgan fingerprint density at radius 3 is 2.16 bits per heavy atom. The molecule has 2 aliphatic rings. The van der Waals surface area contributed by atoms with Crippen molar-refractivity contribution in [1.29, 1.82) is 0 Å². The SMILES string of the molecule is COc1ccc(C2=N[C@@H](c3ccc(Cl)cc3)[C@@H](c3ccc(Cl)cc3)N2C(=O)N2CCN(CCNC(=O)O)CC2)c(OC(C)C)c1. The number of aliphatic imine (C=N–C) groups is 1. The number of halogens is 2. The van der Waals surface area contributed by atoms with Crippen LogP contribution in [0.5, 0.6) is 11.5 Å². The van der Waals surface area contributed by atoms with E-state index >= 15 is 0 Å². The minimum absolute atomic E-state index is 0.134. The quantitative estimate of drug-likeness (QED) is 0.279. The molecule has 45 heavy (non-hydrogen) atoms. The van der Waals surface area contributed by atoms with Crippen molar-refractivity contribution >= 4 is 41.2 Å². The Labute approximate surface area is 273 Å². The summed E-state index contributed by atoms with van der Waals surface area (Å²) in [5.74, 6) is 1.68. The number of amidine groups is 1. The minimum Gasteiger partial charge on any atom is -0.497 e. The summed E-state index contributed by atoms with van der Waals surface area (Å²) in [6.45, 7) is 6.97. The van der Waals surface area contributed by atoms with Gasteiger partial charge in [0, 0.05) is 55.4 Å². The second-order valence-corrected chi connectivity index (χ2v) is 12.1. The lowest BCUT2D eigenvalue weighted by Crippen LogP contribution is -2.54. The lowest BCUT2D eigenvalue weighted by atomic mass is 9.93. The first-order valence-corrected chi connectivity index (χ1v) is 15.6. The number of carboxylic acid groups (broad SMARTS) is 1. The van der Waals surface area contributed by atoms with E-state index in [1.165, 1.54) is 0 Å². The van der Waals surface area contributed by atoms with E-state index < -0.39 is 18.2 Å². The van der Waals surface area contributed by atoms with Gasteiger partial charge in [-0.1, -0.05) is 47.5 Å². The molecule has 238 valence electrons. The van der Waals surface area contributed by atoms with Gasteiger partial charge in [-0.05, 0) is 61.4 Å². The van der Waals surface area contributed by atoms with Crippen molar-refractivity contribution in [2.75, 3.05) is 46.4 Å². The first-order chi connectivity index (χ1) is 21.6. The van der Waals surface area contributed by atoms with Crippen molar-refractivity contribution in [2.24, 2.45) is 4.99 Å². The molecule has 0 bridgehead atoms. The van der Waals surface area contributed by atoms with Crippen molar-refractivity contribution in [3.8, 4) is 11.5 Å². The molecule has 10 nitrogen and oxygen atoms in total. The van der Waals surface area contributed by atoms with Gasteiger partial charge < -0.3 is 24.8 Å². The molecule has 12 heteroatoms. The zero-order valence-corrected chi connectivity index (χ0v) is 27.0. The molecule has 3 aromatic rings. The minimum atomic E-state index is -1.05. The predicted molar refractivity (Wildman–Crippen MR) is 175 cm³/mol. The molecular weight excluding hydrogens is 617 g/mol. The molecule has 2 N–H and O–H groups in total. The molecule has 5 rings (SSSR count). The molecule has 2 atom stereocenters. The number of benzene rings is 3. The molecular formula is C33H37Cl2N5O5. The summed E-state index contributed by atoms with van der Waals surface area (Å²) in [5, 5.41) is 12.5. The predicted octanol–water partition coefficient (Wildman–Crippen LogP) is 6.34. The molecule has 2 heterocycles. The van der Waals surface area contributed by atoms with Crippen molar-refractivity contribution < 1.29 is 24.2 Å². The van der Waals surface area contributed by atoms with Crippen LogP contribution in [0.2, 0.25) is 10.0 Å². The molecule has 1 saturated heterocycles. The molecule has 0 aliphatic carbocycles. The van der Waals surface area contributed by atoms with E-state index in [1.807, 2.05) is 85.5 Å². The summed E-state index contributed by atoms with van der Waals surface area (Å²) < 4.78 is 11.8. The van der Waals surface area contributed by atoms with Gasteiger partial charge >= 0.3 is 12.1 Å². The molecule has 2 aliphatic heterocycles. The Hall–Kier alpha value is -3.99. The van der Waals surface area contributed by atoms with Crippen LogP contribution >= 0.6 is 23.2 Å². The molecule has 3 aromatic carbocycles. The van der Waals surface area contributed by atoms with E-state index in [4.69, 9.17) is 42.8 Å². The van der Waals surface area contributed by atoms with Gasteiger partial charge in [0.2, 0.25) is 0 Å². The fourth-order valence-corrected chi connectivity index (χ4v) is 5.91. The first-order valence-electron chi connectivity index (χ1n) is 14.9. The maximum atomic E-state index is 14.7. The highest BCUT2D eigenvalue weighted by Gasteiger charge is 2.45. The molecule has 0 radical (unpaired) electrons. The second kappa shape index (κ2) is 14.4. The molecule has 0 spiro atoms. The highest BCUT2D eigenvalue weighted by Crippen LogP contribution is 2.46. The largest absolute Gasteiger partial charge is 0.497 e. The molecule has 0 unspecified atom stereocenters. The van der Waals surface area contributed by atoms with Crippen molar-refractivity contribution in [3.63, 3.8) is 0 Å². The van der Waals surface area contributed by atoms with E-state index in [9.17, 15) is 9.59 Å². The summed E-state index contributed by atoms with van der Waals surface area (Å²) in [6.07, 6.45) is -1.18. The fraction of sp³-hybridized carbons (Fsp3) is 0.364. The zero-order chi connectivity index (χ0) is 32.1. The number of nitrogens with one attached hydrogen (secondary N) is 1. The lowest BCUT2D eigenvalue weighted by molar-refractivity contribution is 0.119. The summed E-state index contributed by atoms with van der Waals surface area (Å²) >= 11 is 12.6. The van der Waals surface area contributed by atoms with Crippen LogP contribution in [0.25, 0.3) is 0 Å². The fourth-order valence-electron chi connectivity index (χ4n) is 5.66. The monoisotopic (exact) mass is 653 g/mol. The van der Waals surface area contributed by atoms with Gasteiger partial charge in [0.25, 0.3) is 0 Å². The van der Waals surface area contributed by atoms with Gasteiger partial charge in [0.1, 0.15) is 23.4 Å². The number of carbonyl (C=O) groups is 2. The Balaban J connectivity index is 1.57. The van der Waals surface area contributed by atoms with Crippen LogP contribution in [-0.4, -0.2) is 90.2 Å². The van der Waals surface area contributed by atoms with E-state index in [0.717, 1.165) is 11.1 Å². The van der Waals surface area contributed by atoms with E-state index in [1.54, 1.807) is 12.0 Å². The Morgan fingerprint density at radius 1 is 0.956 bits per heavy atom. The maximum Gasteiger partial charge on any atom is 0.404 e. The Morgan fingerprint density at radius 2 is 1.58 bits per heavy atom. The normalized spacial score (nSPS) is 18.6.